The second kappa shape index (κ2) is 9.10. The summed E-state index contributed by atoms with van der Waals surface area (Å²) in [6.45, 7) is 2.13. The van der Waals surface area contributed by atoms with Crippen molar-refractivity contribution in [2.24, 2.45) is 17.1 Å². The first kappa shape index (κ1) is 24.6. The number of nitrogens with zero attached hydrogens (tertiary/aromatic N) is 5. The Balaban J connectivity index is 1.80. The predicted molar refractivity (Wildman–Crippen MR) is 136 cm³/mol. The molecule has 2 aromatic rings. The monoisotopic (exact) mass is 504 g/mol. The largest absolute Gasteiger partial charge is 0.450 e. The molecule has 188 valence electrons. The Morgan fingerprint density at radius 1 is 1.11 bits per heavy atom. The molecule has 9 nitrogen and oxygen atoms in total. The maximum absolute atomic E-state index is 14.7. The molecule has 0 aromatic heterocycles. The number of allylic oxidation sites excluding steroid dienone is 1. The molecule has 2 aliphatic heterocycles. The van der Waals surface area contributed by atoms with Gasteiger partial charge in [-0.1, -0.05) is 54.6 Å². The lowest BCUT2D eigenvalue weighted by atomic mass is 9.52. The van der Waals surface area contributed by atoms with Crippen molar-refractivity contribution in [1.82, 2.24) is 4.90 Å². The van der Waals surface area contributed by atoms with Crippen molar-refractivity contribution in [1.29, 1.82) is 15.8 Å². The Bertz CT molecular complexity index is 1510. The van der Waals surface area contributed by atoms with Crippen LogP contribution in [0.15, 0.2) is 77.5 Å². The summed E-state index contributed by atoms with van der Waals surface area (Å²) in [4.78, 5) is 30.5. The van der Waals surface area contributed by atoms with Crippen LogP contribution in [0, 0.1) is 45.3 Å². The van der Waals surface area contributed by atoms with Crippen molar-refractivity contribution in [3.63, 3.8) is 0 Å². The molecular formula is C29H24N6O3. The number of nitriles is 3. The summed E-state index contributed by atoms with van der Waals surface area (Å²) in [5.74, 6) is -1.29. The van der Waals surface area contributed by atoms with Crippen LogP contribution in [0.2, 0.25) is 0 Å². The maximum Gasteiger partial charge on any atom is 0.410 e. The number of carbonyl (C=O) groups excluding carboxylic acids is 2. The number of nitrogens with two attached hydrogens (primary N) is 1. The van der Waals surface area contributed by atoms with Gasteiger partial charge in [-0.05, 0) is 29.7 Å². The summed E-state index contributed by atoms with van der Waals surface area (Å²) in [6.07, 6.45) is 1.02. The molecule has 1 spiro atoms. The zero-order chi connectivity index (χ0) is 27.1. The quantitative estimate of drug-likeness (QED) is 0.631. The van der Waals surface area contributed by atoms with Gasteiger partial charge in [-0.15, -0.1) is 0 Å². The summed E-state index contributed by atoms with van der Waals surface area (Å²) in [5, 5.41) is 30.9. The minimum Gasteiger partial charge on any atom is -0.450 e. The highest BCUT2D eigenvalue weighted by atomic mass is 16.6. The lowest BCUT2D eigenvalue weighted by molar-refractivity contribution is -0.123. The topological polar surface area (TPSA) is 147 Å². The van der Waals surface area contributed by atoms with Crippen molar-refractivity contribution < 1.29 is 14.3 Å². The van der Waals surface area contributed by atoms with E-state index in [-0.39, 0.29) is 37.5 Å². The molecule has 2 amide bonds. The minimum absolute atomic E-state index is 0.0342. The van der Waals surface area contributed by atoms with E-state index in [9.17, 15) is 25.4 Å². The van der Waals surface area contributed by atoms with Gasteiger partial charge in [0, 0.05) is 24.7 Å². The van der Waals surface area contributed by atoms with Gasteiger partial charge in [0.25, 0.3) is 0 Å². The zero-order valence-corrected chi connectivity index (χ0v) is 20.7. The summed E-state index contributed by atoms with van der Waals surface area (Å²) in [7, 11) is 0. The zero-order valence-electron chi connectivity index (χ0n) is 20.7. The highest BCUT2D eigenvalue weighted by Gasteiger charge is 2.67. The van der Waals surface area contributed by atoms with Crippen molar-refractivity contribution in [3.05, 3.63) is 88.6 Å². The predicted octanol–water partition coefficient (Wildman–Crippen LogP) is 3.27. The molecule has 1 aliphatic carbocycles. The Kier molecular flexibility index (Phi) is 5.90. The van der Waals surface area contributed by atoms with E-state index in [2.05, 4.69) is 6.07 Å². The highest BCUT2D eigenvalue weighted by Crippen LogP contribution is 2.61. The minimum atomic E-state index is -1.94. The van der Waals surface area contributed by atoms with Gasteiger partial charge in [-0.2, -0.15) is 15.8 Å². The number of rotatable bonds is 3. The van der Waals surface area contributed by atoms with Gasteiger partial charge in [-0.25, -0.2) is 4.79 Å². The van der Waals surface area contributed by atoms with Crippen LogP contribution in [0.4, 0.5) is 10.5 Å². The van der Waals surface area contributed by atoms with Gasteiger partial charge in [0.15, 0.2) is 0 Å². The first-order valence-electron chi connectivity index (χ1n) is 12.2. The van der Waals surface area contributed by atoms with Gasteiger partial charge in [0.1, 0.15) is 5.41 Å². The molecular weight excluding hydrogens is 480 g/mol. The number of anilines is 1. The average Bonchev–Trinajstić information content (AvgIpc) is 3.18. The van der Waals surface area contributed by atoms with Crippen LogP contribution in [0.25, 0.3) is 0 Å². The smallest absolute Gasteiger partial charge is 0.410 e. The summed E-state index contributed by atoms with van der Waals surface area (Å²) in [5.41, 5.74) is 4.92. The fourth-order valence-electron chi connectivity index (χ4n) is 6.03. The molecule has 2 heterocycles. The first-order valence-corrected chi connectivity index (χ1v) is 12.2. The number of benzene rings is 2. The van der Waals surface area contributed by atoms with E-state index in [1.807, 2.05) is 54.6 Å². The first-order chi connectivity index (χ1) is 18.4. The molecule has 2 atom stereocenters. The standard InChI is InChI=1S/C29H24N6O3/c1-2-38-27(37)34-13-12-20-23(16-34)29(22(14-30)25(33)28(20,17-31)18-32)21-10-6-7-11-24(21)35(26(29)36)15-19-8-4-3-5-9-19/h3-12,23H,2,13,15-16,33H2,1H3. The van der Waals surface area contributed by atoms with Gasteiger partial charge in [0.2, 0.25) is 11.3 Å². The van der Waals surface area contributed by atoms with Crippen molar-refractivity contribution in [2.45, 2.75) is 18.9 Å². The number of ether oxygens (including phenoxy) is 1. The third-order valence-corrected chi connectivity index (χ3v) is 7.69. The Morgan fingerprint density at radius 2 is 1.79 bits per heavy atom. The van der Waals surface area contributed by atoms with E-state index >= 15 is 0 Å². The number of para-hydroxylation sites is 1. The molecule has 5 rings (SSSR count). The SMILES string of the molecule is CCOC(=O)N1CC=C2C(C1)C1(C(=O)N(Cc3ccccc3)c3ccccc31)C(C#N)=C(N)C2(C#N)C#N. The van der Waals surface area contributed by atoms with Gasteiger partial charge in [-0.3, -0.25) is 4.79 Å². The van der Waals surface area contributed by atoms with Crippen LogP contribution in [-0.2, 0) is 21.5 Å². The molecule has 0 fully saturated rings. The number of fused-ring (bicyclic) bond motifs is 4. The van der Waals surface area contributed by atoms with E-state index in [0.29, 0.717) is 16.8 Å². The second-order valence-corrected chi connectivity index (χ2v) is 9.39. The normalized spacial score (nSPS) is 23.1. The highest BCUT2D eigenvalue weighted by molar-refractivity contribution is 6.12. The molecule has 0 saturated carbocycles. The van der Waals surface area contributed by atoms with Crippen LogP contribution < -0.4 is 10.6 Å². The molecule has 0 radical (unpaired) electrons. The lowest BCUT2D eigenvalue weighted by Crippen LogP contribution is -2.59. The molecule has 2 unspecified atom stereocenters. The van der Waals surface area contributed by atoms with Crippen LogP contribution in [0.3, 0.4) is 0 Å². The molecule has 3 aliphatic rings. The average molecular weight is 505 g/mol. The van der Waals surface area contributed by atoms with Crippen LogP contribution in [0.1, 0.15) is 18.1 Å². The number of amides is 2. The summed E-state index contributed by atoms with van der Waals surface area (Å²) in [6, 6.07) is 22.8. The van der Waals surface area contributed by atoms with Crippen LogP contribution in [0.5, 0.6) is 0 Å². The van der Waals surface area contributed by atoms with Gasteiger partial charge < -0.3 is 20.3 Å². The van der Waals surface area contributed by atoms with E-state index in [1.54, 1.807) is 30.0 Å². The number of carbonyl (C=O) groups is 2. The van der Waals surface area contributed by atoms with E-state index < -0.39 is 28.7 Å². The second-order valence-electron chi connectivity index (χ2n) is 9.39. The van der Waals surface area contributed by atoms with E-state index in [0.717, 1.165) is 5.56 Å². The van der Waals surface area contributed by atoms with Crippen LogP contribution in [-0.4, -0.2) is 36.6 Å². The van der Waals surface area contributed by atoms with Gasteiger partial charge in [0.05, 0.1) is 42.6 Å². The fourth-order valence-corrected chi connectivity index (χ4v) is 6.03. The molecule has 0 bridgehead atoms. The van der Waals surface area contributed by atoms with Crippen molar-refractivity contribution in [3.8, 4) is 18.2 Å². The Hall–Kier alpha value is -5.07. The fraction of sp³-hybridized carbons (Fsp3) is 0.276. The number of hydrogen-bond acceptors (Lipinski definition) is 7. The number of hydrogen-bond donors (Lipinski definition) is 1. The molecule has 2 N–H and O–H groups in total. The van der Waals surface area contributed by atoms with E-state index in [4.69, 9.17) is 10.5 Å². The molecule has 0 saturated heterocycles. The summed E-state index contributed by atoms with van der Waals surface area (Å²) >= 11 is 0. The van der Waals surface area contributed by atoms with Crippen molar-refractivity contribution >= 4 is 17.7 Å². The van der Waals surface area contributed by atoms with E-state index in [1.165, 1.54) is 4.90 Å². The van der Waals surface area contributed by atoms with Crippen LogP contribution >= 0.6 is 0 Å². The molecule has 9 heteroatoms. The van der Waals surface area contributed by atoms with Crippen molar-refractivity contribution in [2.75, 3.05) is 24.6 Å². The molecule has 2 aromatic carbocycles. The Morgan fingerprint density at radius 3 is 2.45 bits per heavy atom. The lowest BCUT2D eigenvalue weighted by Gasteiger charge is -2.49. The summed E-state index contributed by atoms with van der Waals surface area (Å²) < 4.78 is 5.22. The third kappa shape index (κ3) is 3.14. The molecule has 38 heavy (non-hydrogen) atoms. The Labute approximate surface area is 220 Å². The third-order valence-electron chi connectivity index (χ3n) is 7.69. The van der Waals surface area contributed by atoms with Gasteiger partial charge >= 0.3 is 6.09 Å². The maximum atomic E-state index is 14.7.